The van der Waals surface area contributed by atoms with E-state index < -0.39 is 9.84 Å². The number of carbonyl (C=O) groups is 1. The Balaban J connectivity index is 1.64. The van der Waals surface area contributed by atoms with Crippen LogP contribution < -0.4 is 5.32 Å². The number of sulfone groups is 1. The van der Waals surface area contributed by atoms with E-state index in [9.17, 15) is 13.2 Å². The van der Waals surface area contributed by atoms with Gasteiger partial charge in [-0.3, -0.25) is 4.79 Å². The smallest absolute Gasteiger partial charge is 0.274 e. The van der Waals surface area contributed by atoms with Gasteiger partial charge < -0.3 is 10.2 Å². The first kappa shape index (κ1) is 18.1. The molecule has 1 saturated carbocycles. The zero-order valence-electron chi connectivity index (χ0n) is 14.6. The van der Waals surface area contributed by atoms with E-state index in [1.54, 1.807) is 11.1 Å². The molecule has 0 spiro atoms. The van der Waals surface area contributed by atoms with Crippen LogP contribution >= 0.6 is 0 Å². The van der Waals surface area contributed by atoms with E-state index in [2.05, 4.69) is 15.3 Å². The molecule has 1 amide bonds. The lowest BCUT2D eigenvalue weighted by Crippen LogP contribution is -2.41. The topological polar surface area (TPSA) is 92.3 Å². The van der Waals surface area contributed by atoms with E-state index in [4.69, 9.17) is 0 Å². The summed E-state index contributed by atoms with van der Waals surface area (Å²) in [4.78, 5) is 22.9. The largest absolute Gasteiger partial charge is 0.366 e. The molecule has 1 aliphatic carbocycles. The number of amides is 1. The first-order chi connectivity index (χ1) is 12.0. The molecule has 2 aliphatic rings. The van der Waals surface area contributed by atoms with Crippen LogP contribution in [0.1, 0.15) is 55.9 Å². The Bertz CT molecular complexity index is 699. The summed E-state index contributed by atoms with van der Waals surface area (Å²) in [5.74, 6) is 0.634. The minimum Gasteiger partial charge on any atom is -0.366 e. The van der Waals surface area contributed by atoms with Gasteiger partial charge in [0.05, 0.1) is 23.9 Å². The molecule has 1 aliphatic heterocycles. The Kier molecular flexibility index (Phi) is 5.56. The monoisotopic (exact) mass is 366 g/mol. The molecule has 25 heavy (non-hydrogen) atoms. The molecule has 1 N–H and O–H groups in total. The second-order valence-electron chi connectivity index (χ2n) is 6.91. The molecule has 2 fully saturated rings. The van der Waals surface area contributed by atoms with Gasteiger partial charge in [0.25, 0.3) is 5.91 Å². The van der Waals surface area contributed by atoms with Crippen molar-refractivity contribution in [3.8, 4) is 0 Å². The lowest BCUT2D eigenvalue weighted by atomic mass is 9.96. The van der Waals surface area contributed by atoms with Crippen LogP contribution in [0.25, 0.3) is 0 Å². The molecule has 1 aromatic rings. The van der Waals surface area contributed by atoms with Crippen molar-refractivity contribution >= 4 is 21.6 Å². The average molecular weight is 366 g/mol. The maximum absolute atomic E-state index is 12.7. The van der Waals surface area contributed by atoms with Crippen LogP contribution in [0.3, 0.4) is 0 Å². The van der Waals surface area contributed by atoms with Gasteiger partial charge in [-0.05, 0) is 26.2 Å². The molecule has 1 atom stereocenters. The molecule has 2 heterocycles. The lowest BCUT2D eigenvalue weighted by molar-refractivity contribution is 0.0702. The van der Waals surface area contributed by atoms with Crippen LogP contribution in [0.4, 0.5) is 5.82 Å². The van der Waals surface area contributed by atoms with Crippen LogP contribution in [0.2, 0.25) is 0 Å². The second-order valence-corrected chi connectivity index (χ2v) is 9.14. The average Bonchev–Trinajstić information content (AvgIpc) is 2.97. The molecule has 138 valence electrons. The number of anilines is 1. The third-order valence-electron chi connectivity index (χ3n) is 5.08. The molecule has 0 bridgehead atoms. The van der Waals surface area contributed by atoms with E-state index in [-0.39, 0.29) is 29.1 Å². The van der Waals surface area contributed by atoms with Gasteiger partial charge in [-0.2, -0.15) is 0 Å². The summed E-state index contributed by atoms with van der Waals surface area (Å²) in [6.45, 7) is 2.32. The molecule has 1 saturated heterocycles. The first-order valence-corrected chi connectivity index (χ1v) is 10.9. The SMILES string of the molecule is CCN(C(=O)c1cnc(NC2CCCCC2)cn1)C1CCS(=O)(=O)C1. The van der Waals surface area contributed by atoms with Crippen LogP contribution in [0.15, 0.2) is 12.4 Å². The van der Waals surface area contributed by atoms with Crippen LogP contribution in [-0.4, -0.2) is 59.3 Å². The Morgan fingerprint density at radius 2 is 1.96 bits per heavy atom. The van der Waals surface area contributed by atoms with Crippen molar-refractivity contribution in [2.24, 2.45) is 0 Å². The van der Waals surface area contributed by atoms with Gasteiger partial charge in [0.2, 0.25) is 0 Å². The van der Waals surface area contributed by atoms with Crippen LogP contribution in [0, 0.1) is 0 Å². The molecule has 3 rings (SSSR count). The summed E-state index contributed by atoms with van der Waals surface area (Å²) in [6, 6.07) is 0.171. The molecule has 1 unspecified atom stereocenters. The highest BCUT2D eigenvalue weighted by atomic mass is 32.2. The number of carbonyl (C=O) groups excluding carboxylic acids is 1. The molecular formula is C17H26N4O3S. The zero-order chi connectivity index (χ0) is 17.9. The quantitative estimate of drug-likeness (QED) is 0.855. The van der Waals surface area contributed by atoms with Crippen molar-refractivity contribution in [1.82, 2.24) is 14.9 Å². The third kappa shape index (κ3) is 4.48. The molecule has 1 aromatic heterocycles. The van der Waals surface area contributed by atoms with Crippen molar-refractivity contribution in [2.75, 3.05) is 23.4 Å². The summed E-state index contributed by atoms with van der Waals surface area (Å²) in [7, 11) is -3.03. The van der Waals surface area contributed by atoms with Crippen molar-refractivity contribution in [3.05, 3.63) is 18.1 Å². The highest BCUT2D eigenvalue weighted by Gasteiger charge is 2.34. The van der Waals surface area contributed by atoms with Crippen molar-refractivity contribution in [3.63, 3.8) is 0 Å². The summed E-state index contributed by atoms with van der Waals surface area (Å²) in [6.07, 6.45) is 9.62. The number of hydrogen-bond donors (Lipinski definition) is 1. The van der Waals surface area contributed by atoms with E-state index in [1.807, 2.05) is 6.92 Å². The van der Waals surface area contributed by atoms with Gasteiger partial charge >= 0.3 is 0 Å². The lowest BCUT2D eigenvalue weighted by Gasteiger charge is -2.26. The Hall–Kier alpha value is -1.70. The van der Waals surface area contributed by atoms with Gasteiger partial charge in [-0.15, -0.1) is 0 Å². The minimum absolute atomic E-state index is 0.0430. The molecule has 7 nitrogen and oxygen atoms in total. The van der Waals surface area contributed by atoms with Crippen molar-refractivity contribution < 1.29 is 13.2 Å². The summed E-state index contributed by atoms with van der Waals surface area (Å²) in [5.41, 5.74) is 0.264. The van der Waals surface area contributed by atoms with Gasteiger partial charge in [-0.1, -0.05) is 19.3 Å². The standard InChI is InChI=1S/C17H26N4O3S/c1-2-21(14-8-9-25(23,24)12-14)17(22)15-10-19-16(11-18-15)20-13-6-4-3-5-7-13/h10-11,13-14H,2-9,12H2,1H3,(H,19,20). The number of aromatic nitrogens is 2. The maximum atomic E-state index is 12.7. The van der Waals surface area contributed by atoms with E-state index in [0.29, 0.717) is 24.8 Å². The minimum atomic E-state index is -3.03. The number of hydrogen-bond acceptors (Lipinski definition) is 6. The molecular weight excluding hydrogens is 340 g/mol. The fourth-order valence-electron chi connectivity index (χ4n) is 3.71. The highest BCUT2D eigenvalue weighted by Crippen LogP contribution is 2.21. The Morgan fingerprint density at radius 3 is 2.52 bits per heavy atom. The van der Waals surface area contributed by atoms with Gasteiger partial charge in [0.1, 0.15) is 11.5 Å². The highest BCUT2D eigenvalue weighted by molar-refractivity contribution is 7.91. The Labute approximate surface area is 149 Å². The maximum Gasteiger partial charge on any atom is 0.274 e. The van der Waals surface area contributed by atoms with Gasteiger partial charge in [0, 0.05) is 18.6 Å². The third-order valence-corrected chi connectivity index (χ3v) is 6.83. The fraction of sp³-hybridized carbons (Fsp3) is 0.706. The van der Waals surface area contributed by atoms with E-state index >= 15 is 0 Å². The summed E-state index contributed by atoms with van der Waals surface area (Å²) in [5, 5.41) is 3.38. The number of nitrogens with zero attached hydrogens (tertiary/aromatic N) is 3. The predicted octanol–water partition coefficient (Wildman–Crippen LogP) is 1.87. The summed E-state index contributed by atoms with van der Waals surface area (Å²) >= 11 is 0. The van der Waals surface area contributed by atoms with E-state index in [1.165, 1.54) is 25.5 Å². The predicted molar refractivity (Wildman–Crippen MR) is 96.3 cm³/mol. The number of nitrogens with one attached hydrogen (secondary N) is 1. The van der Waals surface area contributed by atoms with Gasteiger partial charge in [-0.25, -0.2) is 18.4 Å². The molecule has 8 heteroatoms. The second kappa shape index (κ2) is 7.68. The summed E-state index contributed by atoms with van der Waals surface area (Å²) < 4.78 is 23.4. The van der Waals surface area contributed by atoms with E-state index in [0.717, 1.165) is 12.8 Å². The normalized spacial score (nSPS) is 23.3. The van der Waals surface area contributed by atoms with Gasteiger partial charge in [0.15, 0.2) is 9.84 Å². The Morgan fingerprint density at radius 1 is 1.20 bits per heavy atom. The number of rotatable bonds is 5. The fourth-order valence-corrected chi connectivity index (χ4v) is 5.44. The van der Waals surface area contributed by atoms with Crippen LogP contribution in [-0.2, 0) is 9.84 Å². The molecule has 0 radical (unpaired) electrons. The van der Waals surface area contributed by atoms with Crippen molar-refractivity contribution in [2.45, 2.75) is 57.5 Å². The van der Waals surface area contributed by atoms with Crippen LogP contribution in [0.5, 0.6) is 0 Å². The zero-order valence-corrected chi connectivity index (χ0v) is 15.5. The van der Waals surface area contributed by atoms with Crippen molar-refractivity contribution in [1.29, 1.82) is 0 Å². The first-order valence-electron chi connectivity index (χ1n) is 9.08. The molecule has 0 aromatic carbocycles.